The molecule has 0 aliphatic heterocycles. The SMILES string of the molecule is COC(=O)c1conc1-c1cccc([N+](=O)[O-])c1. The van der Waals surface area contributed by atoms with Gasteiger partial charge in [-0.25, -0.2) is 4.79 Å². The van der Waals surface area contributed by atoms with Crippen LogP contribution in [0.1, 0.15) is 10.4 Å². The van der Waals surface area contributed by atoms with Gasteiger partial charge in [0.1, 0.15) is 17.5 Å². The van der Waals surface area contributed by atoms with Gasteiger partial charge in [0, 0.05) is 17.7 Å². The van der Waals surface area contributed by atoms with Gasteiger partial charge in [-0.3, -0.25) is 10.1 Å². The van der Waals surface area contributed by atoms with Crippen LogP contribution in [0.15, 0.2) is 35.1 Å². The number of rotatable bonds is 3. The van der Waals surface area contributed by atoms with Crippen molar-refractivity contribution in [2.45, 2.75) is 0 Å². The number of aromatic nitrogens is 1. The molecule has 1 heterocycles. The van der Waals surface area contributed by atoms with Gasteiger partial charge in [0.2, 0.25) is 0 Å². The topological polar surface area (TPSA) is 95.5 Å². The Balaban J connectivity index is 2.49. The number of nitrogens with zero attached hydrogens (tertiary/aromatic N) is 2. The summed E-state index contributed by atoms with van der Waals surface area (Å²) >= 11 is 0. The van der Waals surface area contributed by atoms with Crippen LogP contribution in [0.25, 0.3) is 11.3 Å². The Hall–Kier alpha value is -2.70. The van der Waals surface area contributed by atoms with E-state index in [1.165, 1.54) is 25.3 Å². The highest BCUT2D eigenvalue weighted by Gasteiger charge is 2.19. The van der Waals surface area contributed by atoms with Gasteiger partial charge in [-0.2, -0.15) is 0 Å². The van der Waals surface area contributed by atoms with E-state index >= 15 is 0 Å². The van der Waals surface area contributed by atoms with Crippen LogP contribution in [-0.2, 0) is 4.74 Å². The third-order valence-electron chi connectivity index (χ3n) is 2.31. The van der Waals surface area contributed by atoms with E-state index < -0.39 is 10.9 Å². The van der Waals surface area contributed by atoms with Crippen molar-refractivity contribution in [3.63, 3.8) is 0 Å². The number of carbonyl (C=O) groups excluding carboxylic acids is 1. The van der Waals surface area contributed by atoms with Gasteiger partial charge in [-0.05, 0) is 0 Å². The molecule has 1 aromatic carbocycles. The summed E-state index contributed by atoms with van der Waals surface area (Å²) in [5.41, 5.74) is 0.660. The summed E-state index contributed by atoms with van der Waals surface area (Å²) in [5.74, 6) is -0.613. The second kappa shape index (κ2) is 4.66. The van der Waals surface area contributed by atoms with E-state index in [1.54, 1.807) is 6.07 Å². The molecule has 7 heteroatoms. The Morgan fingerprint density at radius 1 is 1.50 bits per heavy atom. The zero-order valence-electron chi connectivity index (χ0n) is 9.32. The highest BCUT2D eigenvalue weighted by atomic mass is 16.6. The standard InChI is InChI=1S/C11H8N2O5/c1-17-11(14)9-6-18-12-10(9)7-3-2-4-8(5-7)13(15)16/h2-6H,1H3. The minimum atomic E-state index is -0.613. The lowest BCUT2D eigenvalue weighted by Crippen LogP contribution is -2.01. The summed E-state index contributed by atoms with van der Waals surface area (Å²) in [6.07, 6.45) is 1.14. The predicted octanol–water partition coefficient (Wildman–Crippen LogP) is 2.04. The highest BCUT2D eigenvalue weighted by molar-refractivity contribution is 5.95. The number of nitro groups is 1. The lowest BCUT2D eigenvalue weighted by atomic mass is 10.1. The molecule has 18 heavy (non-hydrogen) atoms. The number of methoxy groups -OCH3 is 1. The smallest absolute Gasteiger partial charge is 0.343 e. The molecule has 0 aliphatic rings. The van der Waals surface area contributed by atoms with Crippen molar-refractivity contribution in [1.29, 1.82) is 0 Å². The number of hydrogen-bond donors (Lipinski definition) is 0. The van der Waals surface area contributed by atoms with E-state index in [4.69, 9.17) is 4.52 Å². The van der Waals surface area contributed by atoms with E-state index in [0.29, 0.717) is 5.56 Å². The average Bonchev–Trinajstić information content (AvgIpc) is 2.87. The van der Waals surface area contributed by atoms with E-state index in [0.717, 1.165) is 6.26 Å². The first kappa shape index (κ1) is 11.8. The molecule has 0 radical (unpaired) electrons. The van der Waals surface area contributed by atoms with Crippen LogP contribution >= 0.6 is 0 Å². The van der Waals surface area contributed by atoms with E-state index in [1.807, 2.05) is 0 Å². The van der Waals surface area contributed by atoms with Crippen molar-refractivity contribution < 1.29 is 19.0 Å². The Morgan fingerprint density at radius 3 is 2.94 bits per heavy atom. The molecule has 0 amide bonds. The third-order valence-corrected chi connectivity index (χ3v) is 2.31. The first-order chi connectivity index (χ1) is 8.63. The van der Waals surface area contributed by atoms with Gasteiger partial charge in [0.15, 0.2) is 0 Å². The quantitative estimate of drug-likeness (QED) is 0.468. The van der Waals surface area contributed by atoms with Crippen LogP contribution < -0.4 is 0 Å². The summed E-state index contributed by atoms with van der Waals surface area (Å²) < 4.78 is 9.26. The molecule has 0 saturated carbocycles. The fraction of sp³-hybridized carbons (Fsp3) is 0.0909. The molecule has 92 valence electrons. The molecule has 0 fully saturated rings. The van der Waals surface area contributed by atoms with Crippen LogP contribution in [-0.4, -0.2) is 23.2 Å². The molecule has 0 unspecified atom stereocenters. The van der Waals surface area contributed by atoms with Gasteiger partial charge in [-0.1, -0.05) is 17.3 Å². The molecule has 1 aromatic heterocycles. The summed E-state index contributed by atoms with van der Waals surface area (Å²) in [6.45, 7) is 0. The van der Waals surface area contributed by atoms with Crippen molar-refractivity contribution in [1.82, 2.24) is 5.16 Å². The largest absolute Gasteiger partial charge is 0.465 e. The molecule has 0 aliphatic carbocycles. The average molecular weight is 248 g/mol. The lowest BCUT2D eigenvalue weighted by Gasteiger charge is -1.99. The van der Waals surface area contributed by atoms with E-state index in [-0.39, 0.29) is 16.9 Å². The zero-order valence-corrected chi connectivity index (χ0v) is 9.32. The Kier molecular flexibility index (Phi) is 3.05. The van der Waals surface area contributed by atoms with Crippen molar-refractivity contribution in [2.75, 3.05) is 7.11 Å². The van der Waals surface area contributed by atoms with Gasteiger partial charge < -0.3 is 9.26 Å². The molecule has 0 spiro atoms. The van der Waals surface area contributed by atoms with Crippen molar-refractivity contribution in [3.8, 4) is 11.3 Å². The minimum absolute atomic E-state index is 0.0914. The van der Waals surface area contributed by atoms with E-state index in [9.17, 15) is 14.9 Å². The van der Waals surface area contributed by atoms with Gasteiger partial charge >= 0.3 is 5.97 Å². The van der Waals surface area contributed by atoms with Crippen LogP contribution in [0, 0.1) is 10.1 Å². The Bertz CT molecular complexity index is 605. The summed E-state index contributed by atoms with van der Waals surface area (Å²) in [6, 6.07) is 5.76. The lowest BCUT2D eigenvalue weighted by molar-refractivity contribution is -0.384. The monoisotopic (exact) mass is 248 g/mol. The number of nitro benzene ring substituents is 1. The molecule has 0 bridgehead atoms. The molecule has 2 aromatic rings. The van der Waals surface area contributed by atoms with Crippen molar-refractivity contribution >= 4 is 11.7 Å². The number of ether oxygens (including phenoxy) is 1. The third kappa shape index (κ3) is 2.05. The molecule has 0 saturated heterocycles. The van der Waals surface area contributed by atoms with Crippen LogP contribution in [0.5, 0.6) is 0 Å². The second-order valence-corrected chi connectivity index (χ2v) is 3.38. The molecule has 0 atom stereocenters. The number of non-ortho nitro benzene ring substituents is 1. The first-order valence-electron chi connectivity index (χ1n) is 4.91. The molecule has 0 N–H and O–H groups in total. The fourth-order valence-electron chi connectivity index (χ4n) is 1.47. The van der Waals surface area contributed by atoms with Crippen LogP contribution in [0.2, 0.25) is 0 Å². The first-order valence-corrected chi connectivity index (χ1v) is 4.91. The van der Waals surface area contributed by atoms with Gasteiger partial charge in [0.05, 0.1) is 12.0 Å². The Labute approximate surface area is 101 Å². The van der Waals surface area contributed by atoms with Gasteiger partial charge in [0.25, 0.3) is 5.69 Å². The molecule has 2 rings (SSSR count). The number of hydrogen-bond acceptors (Lipinski definition) is 6. The maximum Gasteiger partial charge on any atom is 0.343 e. The summed E-state index contributed by atoms with van der Waals surface area (Å²) in [5, 5.41) is 14.3. The van der Waals surface area contributed by atoms with Gasteiger partial charge in [-0.15, -0.1) is 0 Å². The normalized spacial score (nSPS) is 10.1. The van der Waals surface area contributed by atoms with Crippen LogP contribution in [0.3, 0.4) is 0 Å². The minimum Gasteiger partial charge on any atom is -0.465 e. The summed E-state index contributed by atoms with van der Waals surface area (Å²) in [7, 11) is 1.23. The summed E-state index contributed by atoms with van der Waals surface area (Å²) in [4.78, 5) is 21.6. The van der Waals surface area contributed by atoms with Crippen LogP contribution in [0.4, 0.5) is 5.69 Å². The van der Waals surface area contributed by atoms with Crippen molar-refractivity contribution in [2.24, 2.45) is 0 Å². The maximum atomic E-state index is 11.4. The number of benzene rings is 1. The van der Waals surface area contributed by atoms with Crippen molar-refractivity contribution in [3.05, 3.63) is 46.2 Å². The van der Waals surface area contributed by atoms with E-state index in [2.05, 4.69) is 9.89 Å². The number of esters is 1. The second-order valence-electron chi connectivity index (χ2n) is 3.38. The Morgan fingerprint density at radius 2 is 2.28 bits per heavy atom. The molecular weight excluding hydrogens is 240 g/mol. The fourth-order valence-corrected chi connectivity index (χ4v) is 1.47. The highest BCUT2D eigenvalue weighted by Crippen LogP contribution is 2.26. The molecular formula is C11H8N2O5. The zero-order chi connectivity index (χ0) is 13.1. The maximum absolute atomic E-state index is 11.4. The molecule has 7 nitrogen and oxygen atoms in total. The number of carbonyl (C=O) groups is 1. The predicted molar refractivity (Wildman–Crippen MR) is 59.9 cm³/mol.